The summed E-state index contributed by atoms with van der Waals surface area (Å²) in [4.78, 5) is 20.3. The smallest absolute Gasteiger partial charge is 0.335 e. The third kappa shape index (κ3) is 3.47. The van der Waals surface area contributed by atoms with E-state index in [2.05, 4.69) is 4.74 Å². The Kier molecular flexibility index (Phi) is 5.16. The number of aliphatic hydroxyl groups is 3. The highest BCUT2D eigenvalue weighted by Gasteiger charge is 2.31. The number of aliphatic hydroxyl groups excluding tert-OH is 3. The number of hydrogen-bond donors (Lipinski definition) is 4. The number of carboxylic acid groups (broad SMARTS) is 1. The van der Waals surface area contributed by atoms with Crippen molar-refractivity contribution in [3.05, 3.63) is 0 Å². The first-order valence-corrected chi connectivity index (χ1v) is 3.31. The maximum atomic E-state index is 10.2. The third-order valence-electron chi connectivity index (χ3n) is 1.31. The predicted molar refractivity (Wildman–Crippen MR) is 37.7 cm³/mol. The van der Waals surface area contributed by atoms with Gasteiger partial charge < -0.3 is 30.0 Å². The van der Waals surface area contributed by atoms with E-state index in [-0.39, 0.29) is 6.29 Å². The van der Waals surface area contributed by atoms with E-state index in [1.807, 2.05) is 0 Å². The Hall–Kier alpha value is -1.02. The first kappa shape index (κ1) is 12.0. The van der Waals surface area contributed by atoms with Crippen molar-refractivity contribution in [3.63, 3.8) is 0 Å². The van der Waals surface area contributed by atoms with Gasteiger partial charge in [-0.2, -0.15) is 0 Å². The highest BCUT2D eigenvalue weighted by molar-refractivity contribution is 5.74. The Labute approximate surface area is 73.2 Å². The van der Waals surface area contributed by atoms with Crippen LogP contribution in [0.15, 0.2) is 0 Å². The molecule has 0 rings (SSSR count). The zero-order valence-electron chi connectivity index (χ0n) is 6.53. The molecule has 0 aliphatic heterocycles. The second-order valence-electron chi connectivity index (χ2n) is 2.17. The van der Waals surface area contributed by atoms with Gasteiger partial charge in [-0.15, -0.1) is 0 Å². The molecule has 0 spiro atoms. The molecule has 0 fully saturated rings. The molecule has 4 N–H and O–H groups in total. The van der Waals surface area contributed by atoms with E-state index in [0.29, 0.717) is 0 Å². The molecule has 0 radical (unpaired) electrons. The Morgan fingerprint density at radius 1 is 1.46 bits per heavy atom. The molecule has 0 aliphatic rings. The predicted octanol–water partition coefficient (Wildman–Crippen LogP) is -2.67. The van der Waals surface area contributed by atoms with Gasteiger partial charge in [0.25, 0.3) is 0 Å². The van der Waals surface area contributed by atoms with Crippen LogP contribution in [-0.2, 0) is 14.3 Å². The standard InChI is InChI=1S/C6H10O7/c7-1-3(13-2-8)4(9)5(10)6(11)12/h1,3-5,8-10H,2H2,(H,11,12)/t3-,4-,5-/m0/s1. The molecule has 0 aromatic carbocycles. The highest BCUT2D eigenvalue weighted by Crippen LogP contribution is 2.02. The van der Waals surface area contributed by atoms with Crippen LogP contribution in [0, 0.1) is 0 Å². The van der Waals surface area contributed by atoms with Crippen LogP contribution in [0.5, 0.6) is 0 Å². The van der Waals surface area contributed by atoms with Crippen LogP contribution in [0.1, 0.15) is 0 Å². The number of ether oxygens (including phenoxy) is 1. The Bertz CT molecular complexity index is 180. The molecule has 3 atom stereocenters. The van der Waals surface area contributed by atoms with E-state index in [0.717, 1.165) is 0 Å². The van der Waals surface area contributed by atoms with Gasteiger partial charge in [0.15, 0.2) is 12.4 Å². The molecule has 13 heavy (non-hydrogen) atoms. The molecule has 76 valence electrons. The summed E-state index contributed by atoms with van der Waals surface area (Å²) >= 11 is 0. The van der Waals surface area contributed by atoms with Crippen molar-refractivity contribution in [3.8, 4) is 0 Å². The number of carboxylic acids is 1. The summed E-state index contributed by atoms with van der Waals surface area (Å²) in [6.07, 6.45) is -5.49. The van der Waals surface area contributed by atoms with Crippen molar-refractivity contribution in [2.45, 2.75) is 18.3 Å². The molecular formula is C6H10O7. The molecule has 0 unspecified atom stereocenters. The van der Waals surface area contributed by atoms with Gasteiger partial charge in [-0.05, 0) is 0 Å². The van der Waals surface area contributed by atoms with Crippen LogP contribution in [0.4, 0.5) is 0 Å². The quantitative estimate of drug-likeness (QED) is 0.268. The number of hydrogen-bond acceptors (Lipinski definition) is 6. The molecule has 0 amide bonds. The second kappa shape index (κ2) is 5.60. The van der Waals surface area contributed by atoms with Crippen LogP contribution in [0.2, 0.25) is 0 Å². The molecule has 0 heterocycles. The van der Waals surface area contributed by atoms with E-state index in [1.54, 1.807) is 0 Å². The van der Waals surface area contributed by atoms with E-state index < -0.39 is 31.1 Å². The Morgan fingerprint density at radius 3 is 2.31 bits per heavy atom. The molecule has 0 aromatic rings. The van der Waals surface area contributed by atoms with E-state index in [9.17, 15) is 9.59 Å². The summed E-state index contributed by atoms with van der Waals surface area (Å²) < 4.78 is 4.24. The van der Waals surface area contributed by atoms with E-state index >= 15 is 0 Å². The summed E-state index contributed by atoms with van der Waals surface area (Å²) in [6, 6.07) is 0. The minimum atomic E-state index is -2.12. The fourth-order valence-electron chi connectivity index (χ4n) is 0.630. The lowest BCUT2D eigenvalue weighted by Crippen LogP contribution is -2.44. The topological polar surface area (TPSA) is 124 Å². The summed E-state index contributed by atoms with van der Waals surface area (Å²) in [5.74, 6) is -1.68. The van der Waals surface area contributed by atoms with Crippen LogP contribution in [0.3, 0.4) is 0 Å². The average molecular weight is 194 g/mol. The average Bonchev–Trinajstić information content (AvgIpc) is 2.11. The minimum absolute atomic E-state index is 0.0903. The van der Waals surface area contributed by atoms with Crippen molar-refractivity contribution in [2.24, 2.45) is 0 Å². The van der Waals surface area contributed by atoms with E-state index in [4.69, 9.17) is 20.4 Å². The van der Waals surface area contributed by atoms with Gasteiger partial charge >= 0.3 is 5.97 Å². The fraction of sp³-hybridized carbons (Fsp3) is 0.667. The van der Waals surface area contributed by atoms with Gasteiger partial charge in [-0.25, -0.2) is 4.79 Å². The summed E-state index contributed by atoms with van der Waals surface area (Å²) in [6.45, 7) is -0.854. The number of aliphatic carboxylic acids is 1. The molecular weight excluding hydrogens is 184 g/mol. The van der Waals surface area contributed by atoms with Gasteiger partial charge in [0.05, 0.1) is 0 Å². The normalized spacial score (nSPS) is 17.5. The van der Waals surface area contributed by atoms with Gasteiger partial charge in [0.2, 0.25) is 0 Å². The van der Waals surface area contributed by atoms with Gasteiger partial charge in [-0.3, -0.25) is 0 Å². The third-order valence-corrected chi connectivity index (χ3v) is 1.31. The Morgan fingerprint density at radius 2 is 2.00 bits per heavy atom. The SMILES string of the molecule is O=C[C@H](OCO)[C@H](O)[C@H](O)C(=O)O. The number of aldehydes is 1. The number of rotatable bonds is 6. The maximum absolute atomic E-state index is 10.2. The summed E-state index contributed by atoms with van der Waals surface area (Å²) in [5, 5.41) is 34.2. The molecule has 0 bridgehead atoms. The lowest BCUT2D eigenvalue weighted by Gasteiger charge is -2.19. The minimum Gasteiger partial charge on any atom is -0.479 e. The molecule has 7 nitrogen and oxygen atoms in total. The van der Waals surface area contributed by atoms with Crippen LogP contribution < -0.4 is 0 Å². The lowest BCUT2D eigenvalue weighted by atomic mass is 10.1. The van der Waals surface area contributed by atoms with Crippen LogP contribution >= 0.6 is 0 Å². The Balaban J connectivity index is 4.26. The van der Waals surface area contributed by atoms with Gasteiger partial charge in [-0.1, -0.05) is 0 Å². The highest BCUT2D eigenvalue weighted by atomic mass is 16.6. The monoisotopic (exact) mass is 194 g/mol. The first-order valence-electron chi connectivity index (χ1n) is 3.31. The van der Waals surface area contributed by atoms with Crippen molar-refractivity contribution in [1.29, 1.82) is 0 Å². The lowest BCUT2D eigenvalue weighted by molar-refractivity contribution is -0.167. The van der Waals surface area contributed by atoms with Crippen molar-refractivity contribution >= 4 is 12.3 Å². The summed E-state index contributed by atoms with van der Waals surface area (Å²) in [7, 11) is 0. The number of carbonyl (C=O) groups excluding carboxylic acids is 1. The molecule has 0 saturated carbocycles. The van der Waals surface area contributed by atoms with Crippen LogP contribution in [-0.4, -0.2) is 57.8 Å². The maximum Gasteiger partial charge on any atom is 0.335 e. The van der Waals surface area contributed by atoms with Crippen molar-refractivity contribution in [1.82, 2.24) is 0 Å². The fourth-order valence-corrected chi connectivity index (χ4v) is 0.630. The first-order chi connectivity index (χ1) is 6.04. The van der Waals surface area contributed by atoms with Crippen molar-refractivity contribution in [2.75, 3.05) is 6.79 Å². The molecule has 0 aliphatic carbocycles. The van der Waals surface area contributed by atoms with Crippen LogP contribution in [0.25, 0.3) is 0 Å². The van der Waals surface area contributed by atoms with Crippen molar-refractivity contribution < 1.29 is 34.8 Å². The molecule has 7 heteroatoms. The zero-order valence-corrected chi connectivity index (χ0v) is 6.53. The molecule has 0 saturated heterocycles. The largest absolute Gasteiger partial charge is 0.479 e. The summed E-state index contributed by atoms with van der Waals surface area (Å²) in [5.41, 5.74) is 0. The second-order valence-corrected chi connectivity index (χ2v) is 2.17. The molecule has 0 aromatic heterocycles. The van der Waals surface area contributed by atoms with Gasteiger partial charge in [0.1, 0.15) is 19.0 Å². The zero-order chi connectivity index (χ0) is 10.4. The van der Waals surface area contributed by atoms with Gasteiger partial charge in [0, 0.05) is 0 Å². The number of carbonyl (C=O) groups is 2. The van der Waals surface area contributed by atoms with E-state index in [1.165, 1.54) is 0 Å².